The van der Waals surface area contributed by atoms with E-state index in [9.17, 15) is 4.79 Å². The molecule has 0 N–H and O–H groups in total. The number of ether oxygens (including phenoxy) is 1. The molecule has 8 heteroatoms. The minimum Gasteiger partial charge on any atom is -0.463 e. The summed E-state index contributed by atoms with van der Waals surface area (Å²) in [5, 5.41) is 0. The monoisotopic (exact) mass is 650 g/mol. The zero-order chi connectivity index (χ0) is 14.4. The smallest absolute Gasteiger partial charge is 0.330 e. The van der Waals surface area contributed by atoms with Crippen molar-refractivity contribution in [3.05, 3.63) is 11.6 Å². The second kappa shape index (κ2) is 9.32. The number of hydrogen-bond donors (Lipinski definition) is 0. The third kappa shape index (κ3) is 5.95. The third-order valence-electron chi connectivity index (χ3n) is 2.19. The number of halogens is 6. The Kier molecular flexibility index (Phi) is 10.5. The van der Waals surface area contributed by atoms with E-state index in [1.807, 2.05) is 0 Å². The molecule has 0 bridgehead atoms. The van der Waals surface area contributed by atoms with Crippen LogP contribution in [0.2, 0.25) is 0 Å². The molecule has 0 atom stereocenters. The van der Waals surface area contributed by atoms with E-state index in [1.165, 1.54) is 6.08 Å². The number of carbonyl (C=O) groups is 1. The van der Waals surface area contributed by atoms with Gasteiger partial charge in [0.2, 0.25) is 3.79 Å². The van der Waals surface area contributed by atoms with Crippen LogP contribution in [-0.4, -0.2) is 29.7 Å². The zero-order valence-corrected chi connectivity index (χ0v) is 18.2. The predicted octanol–water partition coefficient (Wildman–Crippen LogP) is 5.14. The quantitative estimate of drug-likeness (QED) is 0.172. The fourth-order valence-corrected chi connectivity index (χ4v) is 7.87. The van der Waals surface area contributed by atoms with E-state index in [2.05, 4.69) is 67.8 Å². The molecule has 0 heterocycles. The average Bonchev–Trinajstić information content (AvgIpc) is 2.29. The van der Waals surface area contributed by atoms with Gasteiger partial charge in [0.25, 0.3) is 0 Å². The summed E-state index contributed by atoms with van der Waals surface area (Å²) >= 11 is 24.8. The minimum absolute atomic E-state index is 0.300. The molecule has 0 radical (unpaired) electrons. The normalized spacial score (nSPS) is 13.6. The lowest BCUT2D eigenvalue weighted by Gasteiger charge is -2.34. The van der Waals surface area contributed by atoms with Gasteiger partial charge in [0, 0.05) is 24.8 Å². The standard InChI is InChI=1S/C10H12Cl3I3O2/c1-2-18-8(17)3-7(10(11,12)13)9(4-14,5-15)6-16/h3H,2,4-6H2,1H3/b7-3-. The lowest BCUT2D eigenvalue weighted by atomic mass is 9.87. The molecular weight excluding hydrogens is 639 g/mol. The van der Waals surface area contributed by atoms with Crippen molar-refractivity contribution in [1.29, 1.82) is 0 Å². The molecule has 0 unspecified atom stereocenters. The van der Waals surface area contributed by atoms with Crippen LogP contribution in [0, 0.1) is 5.41 Å². The largest absolute Gasteiger partial charge is 0.463 e. The van der Waals surface area contributed by atoms with Crippen molar-refractivity contribution < 1.29 is 9.53 Å². The van der Waals surface area contributed by atoms with Crippen molar-refractivity contribution >= 4 is 109 Å². The van der Waals surface area contributed by atoms with Gasteiger partial charge in [0.1, 0.15) is 0 Å². The molecule has 18 heavy (non-hydrogen) atoms. The van der Waals surface area contributed by atoms with E-state index in [0.29, 0.717) is 12.2 Å². The molecular formula is C10H12Cl3I3O2. The van der Waals surface area contributed by atoms with Crippen LogP contribution >= 0.6 is 103 Å². The van der Waals surface area contributed by atoms with Crippen molar-refractivity contribution in [1.82, 2.24) is 0 Å². The molecule has 0 spiro atoms. The Hall–Kier alpha value is 2.27. The third-order valence-corrected chi connectivity index (χ3v) is 7.18. The number of allylic oxidation sites excluding steroid dienone is 1. The van der Waals surface area contributed by atoms with Crippen LogP contribution in [0.5, 0.6) is 0 Å². The van der Waals surface area contributed by atoms with E-state index in [-0.39, 0.29) is 5.41 Å². The maximum absolute atomic E-state index is 11.6. The summed E-state index contributed by atoms with van der Waals surface area (Å²) in [5.41, 5.74) is 0.177. The number of hydrogen-bond acceptors (Lipinski definition) is 2. The van der Waals surface area contributed by atoms with Gasteiger partial charge >= 0.3 is 5.97 Å². The Morgan fingerprint density at radius 3 is 1.89 bits per heavy atom. The van der Waals surface area contributed by atoms with Gasteiger partial charge in [-0.15, -0.1) is 0 Å². The lowest BCUT2D eigenvalue weighted by Crippen LogP contribution is -2.36. The van der Waals surface area contributed by atoms with E-state index in [1.54, 1.807) is 6.92 Å². The first-order chi connectivity index (χ1) is 8.27. The summed E-state index contributed by atoms with van der Waals surface area (Å²) in [6.07, 6.45) is 1.33. The van der Waals surface area contributed by atoms with Gasteiger partial charge in [-0.3, -0.25) is 0 Å². The molecule has 0 amide bonds. The molecule has 0 rings (SSSR count). The molecule has 0 aromatic heterocycles. The zero-order valence-electron chi connectivity index (χ0n) is 9.49. The lowest BCUT2D eigenvalue weighted by molar-refractivity contribution is -0.137. The predicted molar refractivity (Wildman–Crippen MR) is 104 cm³/mol. The topological polar surface area (TPSA) is 26.3 Å². The van der Waals surface area contributed by atoms with Gasteiger partial charge in [0.05, 0.1) is 6.61 Å². The summed E-state index contributed by atoms with van der Waals surface area (Å²) in [4.78, 5) is 11.6. The maximum Gasteiger partial charge on any atom is 0.330 e. The Labute approximate surface area is 163 Å². The van der Waals surface area contributed by atoms with Gasteiger partial charge in [-0.25, -0.2) is 4.79 Å². The van der Waals surface area contributed by atoms with Gasteiger partial charge in [-0.1, -0.05) is 103 Å². The fraction of sp³-hybridized carbons (Fsp3) is 0.700. The van der Waals surface area contributed by atoms with Crippen LogP contribution in [0.1, 0.15) is 6.92 Å². The van der Waals surface area contributed by atoms with Crippen LogP contribution in [0.15, 0.2) is 11.6 Å². The first-order valence-corrected chi connectivity index (χ1v) is 10.6. The van der Waals surface area contributed by atoms with Crippen molar-refractivity contribution in [2.24, 2.45) is 5.41 Å². The molecule has 0 aromatic carbocycles. The molecule has 0 fully saturated rings. The number of esters is 1. The molecule has 0 saturated heterocycles. The van der Waals surface area contributed by atoms with Crippen LogP contribution < -0.4 is 0 Å². The van der Waals surface area contributed by atoms with E-state index in [4.69, 9.17) is 39.5 Å². The molecule has 0 aliphatic heterocycles. The SMILES string of the molecule is CCOC(=O)/C=C(\C(Cl)(Cl)Cl)C(CI)(CI)CI. The Morgan fingerprint density at radius 1 is 1.17 bits per heavy atom. The van der Waals surface area contributed by atoms with Crippen molar-refractivity contribution in [3.63, 3.8) is 0 Å². The average molecular weight is 651 g/mol. The highest BCUT2D eigenvalue weighted by molar-refractivity contribution is 14.1. The summed E-state index contributed by atoms with van der Waals surface area (Å²) in [5.74, 6) is -0.470. The Bertz CT molecular complexity index is 304. The second-order valence-electron chi connectivity index (χ2n) is 3.49. The van der Waals surface area contributed by atoms with Crippen LogP contribution in [-0.2, 0) is 9.53 Å². The number of alkyl halides is 6. The Morgan fingerprint density at radius 2 is 1.61 bits per heavy atom. The van der Waals surface area contributed by atoms with Crippen molar-refractivity contribution in [2.75, 3.05) is 19.9 Å². The number of carbonyl (C=O) groups excluding carboxylic acids is 1. The Balaban J connectivity index is 5.55. The van der Waals surface area contributed by atoms with Gasteiger partial charge < -0.3 is 4.74 Å². The van der Waals surface area contributed by atoms with E-state index >= 15 is 0 Å². The first-order valence-electron chi connectivity index (χ1n) is 4.91. The molecule has 0 aliphatic rings. The summed E-state index contributed by atoms with van der Waals surface area (Å²) in [6.45, 7) is 2.04. The van der Waals surface area contributed by atoms with Crippen molar-refractivity contribution in [3.8, 4) is 0 Å². The van der Waals surface area contributed by atoms with Gasteiger partial charge in [-0.2, -0.15) is 0 Å². The molecule has 0 aliphatic carbocycles. The highest BCUT2D eigenvalue weighted by Crippen LogP contribution is 2.47. The van der Waals surface area contributed by atoms with Crippen LogP contribution in [0.3, 0.4) is 0 Å². The van der Waals surface area contributed by atoms with E-state index in [0.717, 1.165) is 13.3 Å². The van der Waals surface area contributed by atoms with Crippen LogP contribution in [0.25, 0.3) is 0 Å². The van der Waals surface area contributed by atoms with Gasteiger partial charge in [0.15, 0.2) is 0 Å². The molecule has 0 saturated carbocycles. The van der Waals surface area contributed by atoms with E-state index < -0.39 is 9.76 Å². The van der Waals surface area contributed by atoms with Crippen molar-refractivity contribution in [2.45, 2.75) is 10.7 Å². The maximum atomic E-state index is 11.6. The van der Waals surface area contributed by atoms with Gasteiger partial charge in [-0.05, 0) is 12.5 Å². The second-order valence-corrected chi connectivity index (χ2v) is 8.06. The highest BCUT2D eigenvalue weighted by Gasteiger charge is 2.42. The molecule has 106 valence electrons. The molecule has 0 aromatic rings. The summed E-state index contributed by atoms with van der Waals surface area (Å²) in [6, 6.07) is 0. The molecule has 2 nitrogen and oxygen atoms in total. The first kappa shape index (κ1) is 20.3. The fourth-order valence-electron chi connectivity index (χ4n) is 1.16. The summed E-state index contributed by atoms with van der Waals surface area (Å²) in [7, 11) is 0. The minimum atomic E-state index is -1.60. The highest BCUT2D eigenvalue weighted by atomic mass is 127. The summed E-state index contributed by atoms with van der Waals surface area (Å²) < 4.78 is 5.57. The van der Waals surface area contributed by atoms with Crippen LogP contribution in [0.4, 0.5) is 0 Å². The number of rotatable bonds is 6.